The number of amides is 1. The predicted molar refractivity (Wildman–Crippen MR) is 72.7 cm³/mol. The van der Waals surface area contributed by atoms with Crippen molar-refractivity contribution in [3.05, 3.63) is 40.1 Å². The van der Waals surface area contributed by atoms with Crippen molar-refractivity contribution in [3.63, 3.8) is 0 Å². The molecule has 0 bridgehead atoms. The number of anilines is 1. The van der Waals surface area contributed by atoms with Gasteiger partial charge in [0.2, 0.25) is 5.91 Å². The second-order valence-electron chi connectivity index (χ2n) is 4.46. The van der Waals surface area contributed by atoms with E-state index >= 15 is 0 Å². The lowest BCUT2D eigenvalue weighted by atomic mass is 10.1. The van der Waals surface area contributed by atoms with Crippen LogP contribution in [-0.4, -0.2) is 11.9 Å². The van der Waals surface area contributed by atoms with Crippen LogP contribution < -0.4 is 11.1 Å². The molecule has 18 heavy (non-hydrogen) atoms. The minimum absolute atomic E-state index is 0.0539. The fourth-order valence-corrected chi connectivity index (χ4v) is 2.27. The highest BCUT2D eigenvalue weighted by Gasteiger charge is 2.23. The van der Waals surface area contributed by atoms with Crippen LogP contribution in [0.3, 0.4) is 0 Å². The number of carbonyl (C=O) groups is 1. The molecule has 3 N–H and O–H groups in total. The average Bonchev–Trinajstić information content (AvgIpc) is 2.73. The zero-order chi connectivity index (χ0) is 13.3. The van der Waals surface area contributed by atoms with E-state index in [1.165, 1.54) is 6.07 Å². The molecule has 0 saturated carbocycles. The maximum atomic E-state index is 13.3. The van der Waals surface area contributed by atoms with Gasteiger partial charge >= 0.3 is 0 Å². The molecule has 0 spiro atoms. The summed E-state index contributed by atoms with van der Waals surface area (Å²) >= 11 is 3.10. The van der Waals surface area contributed by atoms with Gasteiger partial charge in [-0.05, 0) is 47.0 Å². The molecule has 1 aliphatic rings. The summed E-state index contributed by atoms with van der Waals surface area (Å²) in [6.45, 7) is 1.75. The van der Waals surface area contributed by atoms with Crippen LogP contribution in [-0.2, 0) is 4.79 Å². The topological polar surface area (TPSA) is 55.1 Å². The summed E-state index contributed by atoms with van der Waals surface area (Å²) in [4.78, 5) is 12.0. The molecule has 1 aliphatic carbocycles. The molecule has 1 amide bonds. The van der Waals surface area contributed by atoms with Crippen LogP contribution in [0.15, 0.2) is 28.8 Å². The van der Waals surface area contributed by atoms with Crippen molar-refractivity contribution in [3.8, 4) is 0 Å². The molecule has 0 aliphatic heterocycles. The SMILES string of the molecule is Cc1cc(F)c(Br)cc1NC(=O)C1C=CC(N)C1. The van der Waals surface area contributed by atoms with E-state index in [1.54, 1.807) is 13.0 Å². The van der Waals surface area contributed by atoms with Crippen LogP contribution in [0, 0.1) is 18.7 Å². The zero-order valence-corrected chi connectivity index (χ0v) is 11.5. The highest BCUT2D eigenvalue weighted by atomic mass is 79.9. The van der Waals surface area contributed by atoms with Gasteiger partial charge in [-0.2, -0.15) is 0 Å². The van der Waals surface area contributed by atoms with Crippen LogP contribution in [0.1, 0.15) is 12.0 Å². The lowest BCUT2D eigenvalue weighted by Crippen LogP contribution is -2.24. The van der Waals surface area contributed by atoms with Crippen molar-refractivity contribution >= 4 is 27.5 Å². The molecular formula is C13H14BrFN2O. The van der Waals surface area contributed by atoms with Crippen LogP contribution >= 0.6 is 15.9 Å². The number of hydrogen-bond donors (Lipinski definition) is 2. The van der Waals surface area contributed by atoms with Crippen molar-refractivity contribution in [2.45, 2.75) is 19.4 Å². The smallest absolute Gasteiger partial charge is 0.231 e. The number of rotatable bonds is 2. The van der Waals surface area contributed by atoms with Crippen LogP contribution in [0.4, 0.5) is 10.1 Å². The summed E-state index contributed by atoms with van der Waals surface area (Å²) in [7, 11) is 0. The van der Waals surface area contributed by atoms with E-state index in [4.69, 9.17) is 5.73 Å². The minimum Gasteiger partial charge on any atom is -0.325 e. The van der Waals surface area contributed by atoms with Gasteiger partial charge in [-0.3, -0.25) is 4.79 Å². The van der Waals surface area contributed by atoms with Gasteiger partial charge in [0.1, 0.15) is 5.82 Å². The van der Waals surface area contributed by atoms with Gasteiger partial charge in [-0.15, -0.1) is 0 Å². The number of aryl methyl sites for hydroxylation is 1. The highest BCUT2D eigenvalue weighted by Crippen LogP contribution is 2.26. The number of halogens is 2. The Hall–Kier alpha value is -1.20. The monoisotopic (exact) mass is 312 g/mol. The standard InChI is InChI=1S/C13H14BrFN2O/c1-7-4-11(15)10(14)6-12(7)17-13(18)8-2-3-9(16)5-8/h2-4,6,8-9H,5,16H2,1H3,(H,17,18). The Morgan fingerprint density at radius 1 is 1.50 bits per heavy atom. The quantitative estimate of drug-likeness (QED) is 0.825. The Labute approximate surface area is 113 Å². The second-order valence-corrected chi connectivity index (χ2v) is 5.32. The van der Waals surface area contributed by atoms with Gasteiger partial charge in [-0.25, -0.2) is 4.39 Å². The largest absolute Gasteiger partial charge is 0.325 e. The average molecular weight is 313 g/mol. The maximum absolute atomic E-state index is 13.3. The second kappa shape index (κ2) is 5.20. The molecule has 0 aromatic heterocycles. The van der Waals surface area contributed by atoms with E-state index < -0.39 is 0 Å². The predicted octanol–water partition coefficient (Wildman–Crippen LogP) is 2.74. The molecule has 1 aromatic rings. The summed E-state index contributed by atoms with van der Waals surface area (Å²) in [6.07, 6.45) is 4.26. The molecule has 2 atom stereocenters. The lowest BCUT2D eigenvalue weighted by molar-refractivity contribution is -0.118. The zero-order valence-electron chi connectivity index (χ0n) is 9.91. The molecule has 3 nitrogen and oxygen atoms in total. The number of carbonyl (C=O) groups excluding carboxylic acids is 1. The molecule has 5 heteroatoms. The summed E-state index contributed by atoms with van der Waals surface area (Å²) in [5.41, 5.74) is 7.01. The molecule has 0 fully saturated rings. The molecule has 0 radical (unpaired) electrons. The number of benzene rings is 1. The van der Waals surface area contributed by atoms with Crippen molar-refractivity contribution < 1.29 is 9.18 Å². The normalized spacial score (nSPS) is 22.2. The van der Waals surface area contributed by atoms with Crippen LogP contribution in [0.25, 0.3) is 0 Å². The summed E-state index contributed by atoms with van der Waals surface area (Å²) in [6, 6.07) is 2.90. The lowest BCUT2D eigenvalue weighted by Gasteiger charge is -2.13. The van der Waals surface area contributed by atoms with Crippen molar-refractivity contribution in [2.75, 3.05) is 5.32 Å². The first-order valence-corrected chi connectivity index (χ1v) is 6.47. The first-order chi connectivity index (χ1) is 8.47. The Bertz CT molecular complexity index is 516. The number of hydrogen-bond acceptors (Lipinski definition) is 2. The Kier molecular flexibility index (Phi) is 3.82. The molecule has 1 aromatic carbocycles. The van der Waals surface area contributed by atoms with Crippen molar-refractivity contribution in [1.82, 2.24) is 0 Å². The van der Waals surface area contributed by atoms with E-state index in [1.807, 2.05) is 12.2 Å². The third-order valence-electron chi connectivity index (χ3n) is 2.98. The van der Waals surface area contributed by atoms with Gasteiger partial charge in [0.05, 0.1) is 10.4 Å². The fourth-order valence-electron chi connectivity index (χ4n) is 1.93. The third kappa shape index (κ3) is 2.79. The minimum atomic E-state index is -0.340. The number of nitrogens with two attached hydrogens (primary N) is 1. The van der Waals surface area contributed by atoms with E-state index in [9.17, 15) is 9.18 Å². The first kappa shape index (κ1) is 13.2. The number of nitrogens with one attached hydrogen (secondary N) is 1. The van der Waals surface area contributed by atoms with E-state index in [2.05, 4.69) is 21.2 Å². The Balaban J connectivity index is 2.12. The van der Waals surface area contributed by atoms with Gasteiger partial charge in [0.15, 0.2) is 0 Å². The fraction of sp³-hybridized carbons (Fsp3) is 0.308. The third-order valence-corrected chi connectivity index (χ3v) is 3.59. The van der Waals surface area contributed by atoms with Crippen molar-refractivity contribution in [2.24, 2.45) is 11.7 Å². The summed E-state index contributed by atoms with van der Waals surface area (Å²) < 4.78 is 13.6. The van der Waals surface area contributed by atoms with E-state index in [-0.39, 0.29) is 23.7 Å². The van der Waals surface area contributed by atoms with Gasteiger partial charge < -0.3 is 11.1 Å². The molecule has 0 heterocycles. The molecule has 2 unspecified atom stereocenters. The van der Waals surface area contributed by atoms with Gasteiger partial charge in [-0.1, -0.05) is 12.2 Å². The first-order valence-electron chi connectivity index (χ1n) is 5.68. The van der Waals surface area contributed by atoms with Crippen LogP contribution in [0.5, 0.6) is 0 Å². The van der Waals surface area contributed by atoms with E-state index in [0.717, 1.165) is 0 Å². The Morgan fingerprint density at radius 3 is 2.83 bits per heavy atom. The maximum Gasteiger partial charge on any atom is 0.231 e. The molecule has 96 valence electrons. The van der Waals surface area contributed by atoms with Gasteiger partial charge in [0.25, 0.3) is 0 Å². The van der Waals surface area contributed by atoms with E-state index in [0.29, 0.717) is 22.1 Å². The Morgan fingerprint density at radius 2 is 2.22 bits per heavy atom. The van der Waals surface area contributed by atoms with Crippen LogP contribution in [0.2, 0.25) is 0 Å². The molecule has 2 rings (SSSR count). The van der Waals surface area contributed by atoms with Gasteiger partial charge in [0, 0.05) is 11.7 Å². The molecular weight excluding hydrogens is 299 g/mol. The highest BCUT2D eigenvalue weighted by molar-refractivity contribution is 9.10. The van der Waals surface area contributed by atoms with Crippen molar-refractivity contribution in [1.29, 1.82) is 0 Å². The summed E-state index contributed by atoms with van der Waals surface area (Å²) in [5.74, 6) is -0.655. The summed E-state index contributed by atoms with van der Waals surface area (Å²) in [5, 5.41) is 2.80. The molecule has 0 saturated heterocycles.